The zero-order valence-corrected chi connectivity index (χ0v) is 11.9. The van der Waals surface area contributed by atoms with E-state index in [2.05, 4.69) is 4.98 Å². The van der Waals surface area contributed by atoms with E-state index in [-0.39, 0.29) is 12.2 Å². The summed E-state index contributed by atoms with van der Waals surface area (Å²) in [5.74, 6) is -0.360. The number of fused-ring (bicyclic) bond motifs is 1. The van der Waals surface area contributed by atoms with Crippen molar-refractivity contribution in [1.29, 1.82) is 0 Å². The highest BCUT2D eigenvalue weighted by molar-refractivity contribution is 6.30. The second-order valence-electron chi connectivity index (χ2n) is 4.91. The Labute approximate surface area is 126 Å². The highest BCUT2D eigenvalue weighted by atomic mass is 35.5. The Kier molecular flexibility index (Phi) is 3.86. The molecule has 3 aromatic rings. The van der Waals surface area contributed by atoms with Gasteiger partial charge in [0.25, 0.3) is 0 Å². The van der Waals surface area contributed by atoms with Crippen LogP contribution in [-0.4, -0.2) is 10.1 Å². The number of aromatic nitrogens is 1. The van der Waals surface area contributed by atoms with Crippen molar-refractivity contribution >= 4 is 22.5 Å². The lowest BCUT2D eigenvalue weighted by molar-refractivity contribution is 0.177. The van der Waals surface area contributed by atoms with Crippen molar-refractivity contribution in [1.82, 2.24) is 4.98 Å². The van der Waals surface area contributed by atoms with Crippen molar-refractivity contribution in [3.8, 4) is 0 Å². The topological polar surface area (TPSA) is 33.1 Å². The molecule has 0 amide bonds. The fourth-order valence-electron chi connectivity index (χ4n) is 2.33. The largest absolute Gasteiger partial charge is 0.388 e. The molecule has 21 heavy (non-hydrogen) atoms. The molecule has 0 aliphatic rings. The average molecular weight is 302 g/mol. The highest BCUT2D eigenvalue weighted by Crippen LogP contribution is 2.24. The van der Waals surface area contributed by atoms with Gasteiger partial charge in [-0.25, -0.2) is 4.39 Å². The van der Waals surface area contributed by atoms with Crippen molar-refractivity contribution in [3.05, 3.63) is 76.7 Å². The Morgan fingerprint density at radius 1 is 1.14 bits per heavy atom. The summed E-state index contributed by atoms with van der Waals surface area (Å²) in [6.45, 7) is 0. The molecule has 2 aromatic carbocycles. The highest BCUT2D eigenvalue weighted by Gasteiger charge is 2.13. The van der Waals surface area contributed by atoms with E-state index in [1.165, 1.54) is 12.1 Å². The first-order valence-corrected chi connectivity index (χ1v) is 6.98. The summed E-state index contributed by atoms with van der Waals surface area (Å²) in [5, 5.41) is 11.7. The van der Waals surface area contributed by atoms with E-state index < -0.39 is 6.10 Å². The van der Waals surface area contributed by atoms with Gasteiger partial charge >= 0.3 is 0 Å². The van der Waals surface area contributed by atoms with Gasteiger partial charge in [0.05, 0.1) is 11.6 Å². The lowest BCUT2D eigenvalue weighted by Gasteiger charge is -2.12. The van der Waals surface area contributed by atoms with Gasteiger partial charge in [0, 0.05) is 23.0 Å². The molecule has 0 aliphatic carbocycles. The fourth-order valence-corrected chi connectivity index (χ4v) is 2.52. The molecule has 1 N–H and O–H groups in total. The van der Waals surface area contributed by atoms with Gasteiger partial charge in [-0.1, -0.05) is 23.7 Å². The van der Waals surface area contributed by atoms with Crippen LogP contribution in [-0.2, 0) is 6.42 Å². The standard InChI is InChI=1S/C17H13ClFNO/c18-14-4-5-15(19)13(9-14)10-17(21)12-3-6-16-11(8-12)2-1-7-20-16/h1-9,17,21H,10H2. The molecule has 4 heteroatoms. The number of rotatable bonds is 3. The third-order valence-corrected chi connectivity index (χ3v) is 3.67. The van der Waals surface area contributed by atoms with Crippen LogP contribution in [0.15, 0.2) is 54.7 Å². The van der Waals surface area contributed by atoms with E-state index in [4.69, 9.17) is 11.6 Å². The first-order valence-electron chi connectivity index (χ1n) is 6.60. The van der Waals surface area contributed by atoms with Gasteiger partial charge in [0.1, 0.15) is 5.82 Å². The van der Waals surface area contributed by atoms with E-state index >= 15 is 0 Å². The summed E-state index contributed by atoms with van der Waals surface area (Å²) in [7, 11) is 0. The number of halogens is 2. The van der Waals surface area contributed by atoms with Gasteiger partial charge in [-0.3, -0.25) is 4.98 Å². The molecule has 1 aromatic heterocycles. The Balaban J connectivity index is 1.89. The van der Waals surface area contributed by atoms with Crippen molar-refractivity contribution in [2.75, 3.05) is 0 Å². The minimum atomic E-state index is -0.789. The number of hydrogen-bond donors (Lipinski definition) is 1. The van der Waals surface area contributed by atoms with E-state index in [1.54, 1.807) is 12.3 Å². The molecule has 1 unspecified atom stereocenters. The van der Waals surface area contributed by atoms with Crippen LogP contribution >= 0.6 is 11.6 Å². The second-order valence-corrected chi connectivity index (χ2v) is 5.35. The molecule has 2 nitrogen and oxygen atoms in total. The number of nitrogens with zero attached hydrogens (tertiary/aromatic N) is 1. The van der Waals surface area contributed by atoms with Crippen LogP contribution in [0.3, 0.4) is 0 Å². The molecule has 0 saturated carbocycles. The quantitative estimate of drug-likeness (QED) is 0.782. The Hall–Kier alpha value is -1.97. The van der Waals surface area contributed by atoms with Crippen LogP contribution in [0, 0.1) is 5.82 Å². The second kappa shape index (κ2) is 5.80. The predicted molar refractivity (Wildman–Crippen MR) is 81.8 cm³/mol. The van der Waals surface area contributed by atoms with Crippen LogP contribution in [0.4, 0.5) is 4.39 Å². The molecule has 0 fully saturated rings. The lowest BCUT2D eigenvalue weighted by Crippen LogP contribution is -2.03. The molecule has 3 rings (SSSR count). The van der Waals surface area contributed by atoms with Crippen molar-refractivity contribution in [2.45, 2.75) is 12.5 Å². The van der Waals surface area contributed by atoms with Crippen molar-refractivity contribution in [2.24, 2.45) is 0 Å². The van der Waals surface area contributed by atoms with Crippen LogP contribution in [0.25, 0.3) is 10.9 Å². The number of hydrogen-bond acceptors (Lipinski definition) is 2. The van der Waals surface area contributed by atoms with Crippen LogP contribution < -0.4 is 0 Å². The number of pyridine rings is 1. The molecule has 0 radical (unpaired) electrons. The molecule has 1 atom stereocenters. The minimum Gasteiger partial charge on any atom is -0.388 e. The minimum absolute atomic E-state index is 0.179. The first kappa shape index (κ1) is 14.0. The molecule has 106 valence electrons. The summed E-state index contributed by atoms with van der Waals surface area (Å²) < 4.78 is 13.7. The fraction of sp³-hybridized carbons (Fsp3) is 0.118. The molecule has 0 bridgehead atoms. The summed E-state index contributed by atoms with van der Waals surface area (Å²) in [4.78, 5) is 4.23. The summed E-state index contributed by atoms with van der Waals surface area (Å²) >= 11 is 5.87. The average Bonchev–Trinajstić information content (AvgIpc) is 2.50. The summed E-state index contributed by atoms with van der Waals surface area (Å²) in [6.07, 6.45) is 1.11. The maximum atomic E-state index is 13.7. The molecule has 0 saturated heterocycles. The zero-order valence-electron chi connectivity index (χ0n) is 11.1. The van der Waals surface area contributed by atoms with Crippen LogP contribution in [0.2, 0.25) is 5.02 Å². The third-order valence-electron chi connectivity index (χ3n) is 3.43. The Morgan fingerprint density at radius 3 is 2.86 bits per heavy atom. The van der Waals surface area contributed by atoms with E-state index in [0.717, 1.165) is 16.5 Å². The summed E-state index contributed by atoms with van der Waals surface area (Å²) in [6, 6.07) is 13.7. The normalized spacial score (nSPS) is 12.5. The molecular weight excluding hydrogens is 289 g/mol. The smallest absolute Gasteiger partial charge is 0.126 e. The molecule has 0 aliphatic heterocycles. The third kappa shape index (κ3) is 3.04. The predicted octanol–water partition coefficient (Wildman–Crippen LogP) is 4.30. The molecule has 0 spiro atoms. The van der Waals surface area contributed by atoms with E-state index in [9.17, 15) is 9.50 Å². The van der Waals surface area contributed by atoms with Gasteiger partial charge in [-0.2, -0.15) is 0 Å². The molecular formula is C17H13ClFNO. The number of aliphatic hydroxyl groups excluding tert-OH is 1. The maximum absolute atomic E-state index is 13.7. The summed E-state index contributed by atoms with van der Waals surface area (Å²) in [5.41, 5.74) is 2.00. The van der Waals surface area contributed by atoms with Gasteiger partial charge < -0.3 is 5.11 Å². The number of aliphatic hydroxyl groups is 1. The van der Waals surface area contributed by atoms with Gasteiger partial charge in [-0.05, 0) is 47.5 Å². The maximum Gasteiger partial charge on any atom is 0.126 e. The SMILES string of the molecule is OC(Cc1cc(Cl)ccc1F)c1ccc2ncccc2c1. The first-order chi connectivity index (χ1) is 10.1. The monoisotopic (exact) mass is 301 g/mol. The Morgan fingerprint density at radius 2 is 2.00 bits per heavy atom. The van der Waals surface area contributed by atoms with Crippen LogP contribution in [0.1, 0.15) is 17.2 Å². The van der Waals surface area contributed by atoms with Crippen molar-refractivity contribution < 1.29 is 9.50 Å². The Bertz CT molecular complexity index is 791. The van der Waals surface area contributed by atoms with Gasteiger partial charge in [-0.15, -0.1) is 0 Å². The zero-order chi connectivity index (χ0) is 14.8. The number of benzene rings is 2. The molecule has 1 heterocycles. The van der Waals surface area contributed by atoms with Crippen molar-refractivity contribution in [3.63, 3.8) is 0 Å². The van der Waals surface area contributed by atoms with Gasteiger partial charge in [0.2, 0.25) is 0 Å². The van der Waals surface area contributed by atoms with Crippen LogP contribution in [0.5, 0.6) is 0 Å². The lowest BCUT2D eigenvalue weighted by atomic mass is 9.99. The van der Waals surface area contributed by atoms with E-state index in [0.29, 0.717) is 10.6 Å². The van der Waals surface area contributed by atoms with Gasteiger partial charge in [0.15, 0.2) is 0 Å². The van der Waals surface area contributed by atoms with E-state index in [1.807, 2.05) is 30.3 Å².